The Bertz CT molecular complexity index is 346. The Morgan fingerprint density at radius 3 is 2.55 bits per heavy atom. The fraction of sp³-hybridized carbons (Fsp3) is 0.938. The number of carbonyl (C=O) groups is 1. The Morgan fingerprint density at radius 1 is 1.20 bits per heavy atom. The molecule has 3 rings (SSSR count). The standard InChI is InChI=1S/C16H29N3O/c1-18(2)15-4-3-7-19(11-15)16(20)10-12-8-13-5-6-14(9-12)17-13/h12-15,17H,3-11H2,1-2H3. The molecule has 4 nitrogen and oxygen atoms in total. The van der Waals surface area contributed by atoms with Gasteiger partial charge in [0.1, 0.15) is 0 Å². The van der Waals surface area contributed by atoms with E-state index in [2.05, 4.69) is 29.2 Å². The lowest BCUT2D eigenvalue weighted by Gasteiger charge is -2.37. The lowest BCUT2D eigenvalue weighted by atomic mass is 9.89. The highest BCUT2D eigenvalue weighted by Crippen LogP contribution is 2.33. The van der Waals surface area contributed by atoms with E-state index in [0.29, 0.717) is 30.0 Å². The number of likely N-dealkylation sites (tertiary alicyclic amines) is 1. The van der Waals surface area contributed by atoms with Crippen LogP contribution in [-0.4, -0.2) is 61.0 Å². The van der Waals surface area contributed by atoms with Crippen molar-refractivity contribution in [1.82, 2.24) is 15.1 Å². The number of carbonyl (C=O) groups excluding carboxylic acids is 1. The van der Waals surface area contributed by atoms with Crippen molar-refractivity contribution < 1.29 is 4.79 Å². The molecule has 0 saturated carbocycles. The summed E-state index contributed by atoms with van der Waals surface area (Å²) in [5.74, 6) is 1.03. The van der Waals surface area contributed by atoms with Crippen LogP contribution in [0.1, 0.15) is 44.9 Å². The normalized spacial score (nSPS) is 37.5. The molecule has 1 amide bonds. The van der Waals surface area contributed by atoms with E-state index in [9.17, 15) is 4.79 Å². The molecule has 1 N–H and O–H groups in total. The molecular formula is C16H29N3O. The third-order valence-corrected chi connectivity index (χ3v) is 5.51. The van der Waals surface area contributed by atoms with Crippen molar-refractivity contribution >= 4 is 5.91 Å². The minimum Gasteiger partial charge on any atom is -0.341 e. The molecule has 3 atom stereocenters. The van der Waals surface area contributed by atoms with Gasteiger partial charge in [0.25, 0.3) is 0 Å². The second-order valence-electron chi connectivity index (χ2n) is 7.28. The van der Waals surface area contributed by atoms with Gasteiger partial charge in [-0.25, -0.2) is 0 Å². The molecule has 3 fully saturated rings. The van der Waals surface area contributed by atoms with Crippen LogP contribution < -0.4 is 5.32 Å². The Balaban J connectivity index is 1.51. The molecule has 0 radical (unpaired) electrons. The van der Waals surface area contributed by atoms with Crippen LogP contribution in [-0.2, 0) is 4.79 Å². The molecule has 2 bridgehead atoms. The summed E-state index contributed by atoms with van der Waals surface area (Å²) in [6, 6.07) is 1.95. The minimum atomic E-state index is 0.405. The number of likely N-dealkylation sites (N-methyl/N-ethyl adjacent to an activating group) is 1. The van der Waals surface area contributed by atoms with Gasteiger partial charge in [-0.2, -0.15) is 0 Å². The number of hydrogen-bond donors (Lipinski definition) is 1. The van der Waals surface area contributed by atoms with E-state index in [1.54, 1.807) is 0 Å². The van der Waals surface area contributed by atoms with E-state index in [0.717, 1.165) is 25.9 Å². The average Bonchev–Trinajstić information content (AvgIpc) is 2.78. The zero-order valence-electron chi connectivity index (χ0n) is 13.0. The lowest BCUT2D eigenvalue weighted by Crippen LogP contribution is -2.48. The molecule has 0 spiro atoms. The number of piperidine rings is 2. The molecule has 0 aromatic carbocycles. The zero-order valence-corrected chi connectivity index (χ0v) is 13.0. The highest BCUT2D eigenvalue weighted by Gasteiger charge is 2.35. The summed E-state index contributed by atoms with van der Waals surface area (Å²) in [5.41, 5.74) is 0. The van der Waals surface area contributed by atoms with Crippen LogP contribution >= 0.6 is 0 Å². The van der Waals surface area contributed by atoms with Crippen LogP contribution in [0.3, 0.4) is 0 Å². The summed E-state index contributed by atoms with van der Waals surface area (Å²) in [7, 11) is 4.26. The Morgan fingerprint density at radius 2 is 1.90 bits per heavy atom. The fourth-order valence-electron chi connectivity index (χ4n) is 4.32. The number of fused-ring (bicyclic) bond motifs is 2. The van der Waals surface area contributed by atoms with E-state index < -0.39 is 0 Å². The summed E-state index contributed by atoms with van der Waals surface area (Å²) in [6.07, 6.45) is 8.25. The minimum absolute atomic E-state index is 0.405. The Kier molecular flexibility index (Phi) is 4.32. The van der Waals surface area contributed by atoms with Gasteiger partial charge >= 0.3 is 0 Å². The molecule has 4 heteroatoms. The van der Waals surface area contributed by atoms with E-state index in [-0.39, 0.29) is 0 Å². The third kappa shape index (κ3) is 3.17. The van der Waals surface area contributed by atoms with Gasteiger partial charge < -0.3 is 15.1 Å². The largest absolute Gasteiger partial charge is 0.341 e. The average molecular weight is 279 g/mol. The van der Waals surface area contributed by atoms with Gasteiger partial charge in [0, 0.05) is 37.6 Å². The molecule has 0 aromatic heterocycles. The number of nitrogens with zero attached hydrogens (tertiary/aromatic N) is 2. The van der Waals surface area contributed by atoms with Gasteiger partial charge in [-0.1, -0.05) is 0 Å². The van der Waals surface area contributed by atoms with Gasteiger partial charge in [-0.3, -0.25) is 4.79 Å². The predicted molar refractivity (Wildman–Crippen MR) is 80.6 cm³/mol. The summed E-state index contributed by atoms with van der Waals surface area (Å²) in [5, 5.41) is 3.66. The molecule has 3 aliphatic rings. The van der Waals surface area contributed by atoms with Crippen LogP contribution in [0.4, 0.5) is 0 Å². The maximum atomic E-state index is 12.6. The van der Waals surface area contributed by atoms with Crippen molar-refractivity contribution in [1.29, 1.82) is 0 Å². The lowest BCUT2D eigenvalue weighted by molar-refractivity contribution is -0.134. The van der Waals surface area contributed by atoms with Gasteiger partial charge in [-0.15, -0.1) is 0 Å². The van der Waals surface area contributed by atoms with E-state index >= 15 is 0 Å². The second kappa shape index (κ2) is 6.02. The quantitative estimate of drug-likeness (QED) is 0.849. The Hall–Kier alpha value is -0.610. The van der Waals surface area contributed by atoms with Crippen LogP contribution in [0, 0.1) is 5.92 Å². The van der Waals surface area contributed by atoms with Crippen molar-refractivity contribution in [2.75, 3.05) is 27.2 Å². The van der Waals surface area contributed by atoms with Crippen LogP contribution in [0.5, 0.6) is 0 Å². The first-order valence-electron chi connectivity index (χ1n) is 8.32. The molecule has 0 aliphatic carbocycles. The smallest absolute Gasteiger partial charge is 0.222 e. The molecular weight excluding hydrogens is 250 g/mol. The maximum Gasteiger partial charge on any atom is 0.222 e. The first-order valence-corrected chi connectivity index (χ1v) is 8.32. The predicted octanol–water partition coefficient (Wildman–Crippen LogP) is 1.46. The molecule has 3 heterocycles. The van der Waals surface area contributed by atoms with Crippen molar-refractivity contribution in [3.8, 4) is 0 Å². The zero-order chi connectivity index (χ0) is 14.1. The molecule has 20 heavy (non-hydrogen) atoms. The third-order valence-electron chi connectivity index (χ3n) is 5.51. The Labute approximate surface area is 122 Å². The van der Waals surface area contributed by atoms with Crippen LogP contribution in [0.25, 0.3) is 0 Å². The first kappa shape index (κ1) is 14.3. The van der Waals surface area contributed by atoms with Crippen molar-refractivity contribution in [2.24, 2.45) is 5.92 Å². The summed E-state index contributed by atoms with van der Waals surface area (Å²) >= 11 is 0. The molecule has 114 valence electrons. The SMILES string of the molecule is CN(C)C1CCCN(C(=O)CC2CC3CCC(C2)N3)C1. The van der Waals surface area contributed by atoms with Gasteiger partial charge in [0.2, 0.25) is 5.91 Å². The second-order valence-corrected chi connectivity index (χ2v) is 7.28. The summed E-state index contributed by atoms with van der Waals surface area (Å²) in [4.78, 5) is 16.9. The van der Waals surface area contributed by atoms with E-state index in [4.69, 9.17) is 0 Å². The van der Waals surface area contributed by atoms with Gasteiger partial charge in [0.05, 0.1) is 0 Å². The molecule has 3 aliphatic heterocycles. The topological polar surface area (TPSA) is 35.6 Å². The monoisotopic (exact) mass is 279 g/mol. The summed E-state index contributed by atoms with van der Waals surface area (Å²) < 4.78 is 0. The number of nitrogens with one attached hydrogen (secondary N) is 1. The van der Waals surface area contributed by atoms with Crippen LogP contribution in [0.15, 0.2) is 0 Å². The number of amides is 1. The highest BCUT2D eigenvalue weighted by atomic mass is 16.2. The fourth-order valence-corrected chi connectivity index (χ4v) is 4.32. The van der Waals surface area contributed by atoms with Crippen molar-refractivity contribution in [2.45, 2.75) is 63.1 Å². The van der Waals surface area contributed by atoms with E-state index in [1.807, 2.05) is 0 Å². The van der Waals surface area contributed by atoms with Gasteiger partial charge in [-0.05, 0) is 58.5 Å². The van der Waals surface area contributed by atoms with E-state index in [1.165, 1.54) is 32.1 Å². The van der Waals surface area contributed by atoms with Crippen molar-refractivity contribution in [3.63, 3.8) is 0 Å². The van der Waals surface area contributed by atoms with Crippen LogP contribution in [0.2, 0.25) is 0 Å². The molecule has 3 unspecified atom stereocenters. The highest BCUT2D eigenvalue weighted by molar-refractivity contribution is 5.76. The molecule has 0 aromatic rings. The molecule has 3 saturated heterocycles. The summed E-state index contributed by atoms with van der Waals surface area (Å²) in [6.45, 7) is 1.91. The van der Waals surface area contributed by atoms with Crippen molar-refractivity contribution in [3.05, 3.63) is 0 Å². The number of rotatable bonds is 3. The number of hydrogen-bond acceptors (Lipinski definition) is 3. The first-order chi connectivity index (χ1) is 9.61. The van der Waals surface area contributed by atoms with Gasteiger partial charge in [0.15, 0.2) is 0 Å². The maximum absolute atomic E-state index is 12.6.